The van der Waals surface area contributed by atoms with Crippen LogP contribution in [0.4, 0.5) is 11.4 Å². The predicted molar refractivity (Wildman–Crippen MR) is 211 cm³/mol. The van der Waals surface area contributed by atoms with E-state index < -0.39 is 11.9 Å². The highest BCUT2D eigenvalue weighted by Crippen LogP contribution is 2.35. The first-order chi connectivity index (χ1) is 26.5. The molecular formula is C45H42N2O8. The van der Waals surface area contributed by atoms with Gasteiger partial charge in [-0.05, 0) is 121 Å². The Morgan fingerprint density at radius 3 is 1.60 bits per heavy atom. The number of ether oxygens (including phenoxy) is 2. The van der Waals surface area contributed by atoms with E-state index in [4.69, 9.17) is 19.6 Å². The van der Waals surface area contributed by atoms with Crippen molar-refractivity contribution in [2.45, 2.75) is 46.3 Å². The van der Waals surface area contributed by atoms with E-state index in [9.17, 15) is 14.7 Å². The van der Waals surface area contributed by atoms with E-state index in [1.54, 1.807) is 37.3 Å². The normalized spacial score (nSPS) is 11.1. The molecule has 0 bridgehead atoms. The Bertz CT molecular complexity index is 2250. The van der Waals surface area contributed by atoms with Gasteiger partial charge in [0.05, 0.1) is 23.4 Å². The van der Waals surface area contributed by atoms with Crippen LogP contribution in [0.1, 0.15) is 67.9 Å². The minimum absolute atomic E-state index is 0.0455. The number of amides is 1. The van der Waals surface area contributed by atoms with E-state index in [1.165, 1.54) is 12.1 Å². The standard InChI is InChI=1S/C45H42N2O8/c1-29-5-7-31(32(25-29)28-53-51)27-52-47-36-14-22-40(23-15-36)55-38-18-10-34(11-19-38)45(3,4)33-8-16-37(17-9-33)54-39-20-12-35(13-21-39)46-43(48)41-24-6-30(2)26-42(41)44(49)50/h5-26,47,51H,27-28H2,1-4H3,(H,46,48)(H,49,50). The molecule has 0 radical (unpaired) electrons. The van der Waals surface area contributed by atoms with Gasteiger partial charge in [-0.15, -0.1) is 0 Å². The summed E-state index contributed by atoms with van der Waals surface area (Å²) < 4.78 is 12.2. The molecule has 0 saturated carbocycles. The van der Waals surface area contributed by atoms with Gasteiger partial charge in [-0.1, -0.05) is 73.5 Å². The second-order valence-corrected chi connectivity index (χ2v) is 13.7. The molecule has 6 aromatic rings. The van der Waals surface area contributed by atoms with Gasteiger partial charge in [0, 0.05) is 11.1 Å². The van der Waals surface area contributed by atoms with Crippen LogP contribution in [0.15, 0.2) is 133 Å². The molecule has 55 heavy (non-hydrogen) atoms. The second-order valence-electron chi connectivity index (χ2n) is 13.7. The number of carboxylic acids is 1. The van der Waals surface area contributed by atoms with Crippen molar-refractivity contribution in [3.05, 3.63) is 178 Å². The highest BCUT2D eigenvalue weighted by molar-refractivity contribution is 6.10. The lowest BCUT2D eigenvalue weighted by Crippen LogP contribution is -2.18. The zero-order valence-corrected chi connectivity index (χ0v) is 31.0. The SMILES string of the molecule is Cc1ccc(CONc2ccc(Oc3ccc(C(C)(C)c4ccc(Oc5ccc(NC(=O)c6ccc(C)cc6C(=O)O)cc5)cc4)cc3)cc2)c(COO)c1. The van der Waals surface area contributed by atoms with E-state index in [1.807, 2.05) is 85.8 Å². The van der Waals surface area contributed by atoms with Crippen molar-refractivity contribution in [2.75, 3.05) is 10.8 Å². The molecule has 6 rings (SSSR count). The topological polar surface area (TPSA) is 136 Å². The molecule has 280 valence electrons. The second kappa shape index (κ2) is 17.1. The van der Waals surface area contributed by atoms with Crippen LogP contribution in [0.2, 0.25) is 0 Å². The maximum absolute atomic E-state index is 12.8. The number of carbonyl (C=O) groups excluding carboxylic acids is 1. The van der Waals surface area contributed by atoms with Crippen molar-refractivity contribution in [3.8, 4) is 23.0 Å². The number of benzene rings is 6. The minimum atomic E-state index is -1.16. The van der Waals surface area contributed by atoms with E-state index in [0.29, 0.717) is 35.3 Å². The molecular weight excluding hydrogens is 697 g/mol. The number of hydrogen-bond donors (Lipinski definition) is 4. The van der Waals surface area contributed by atoms with Gasteiger partial charge in [-0.25, -0.2) is 9.68 Å². The smallest absolute Gasteiger partial charge is 0.336 e. The molecule has 0 heterocycles. The van der Waals surface area contributed by atoms with Crippen LogP contribution < -0.4 is 20.3 Å². The highest BCUT2D eigenvalue weighted by atomic mass is 17.1. The Morgan fingerprint density at radius 1 is 0.582 bits per heavy atom. The maximum atomic E-state index is 12.8. The number of carboxylic acid groups (broad SMARTS) is 1. The molecule has 10 heteroatoms. The number of carbonyl (C=O) groups is 2. The van der Waals surface area contributed by atoms with E-state index in [0.717, 1.165) is 39.1 Å². The summed E-state index contributed by atoms with van der Waals surface area (Å²) in [6.45, 7) is 8.47. The summed E-state index contributed by atoms with van der Waals surface area (Å²) in [5.41, 5.74) is 9.80. The fourth-order valence-electron chi connectivity index (χ4n) is 6.04. The van der Waals surface area contributed by atoms with Crippen LogP contribution in [0.5, 0.6) is 23.0 Å². The van der Waals surface area contributed by atoms with Crippen molar-refractivity contribution in [1.29, 1.82) is 0 Å². The number of nitrogens with one attached hydrogen (secondary N) is 2. The average molecular weight is 739 g/mol. The maximum Gasteiger partial charge on any atom is 0.336 e. The first-order valence-corrected chi connectivity index (χ1v) is 17.6. The van der Waals surface area contributed by atoms with Gasteiger partial charge in [0.25, 0.3) is 5.91 Å². The molecule has 0 aromatic heterocycles. The number of aromatic carboxylic acids is 1. The quantitative estimate of drug-likeness (QED) is 0.0599. The van der Waals surface area contributed by atoms with Gasteiger partial charge in [0.1, 0.15) is 29.6 Å². The molecule has 0 atom stereocenters. The zero-order chi connectivity index (χ0) is 39.0. The first kappa shape index (κ1) is 38.3. The molecule has 10 nitrogen and oxygen atoms in total. The predicted octanol–water partition coefficient (Wildman–Crippen LogP) is 10.7. The van der Waals surface area contributed by atoms with E-state index in [2.05, 4.69) is 41.7 Å². The Labute approximate surface area is 319 Å². The lowest BCUT2D eigenvalue weighted by atomic mass is 9.78. The minimum Gasteiger partial charge on any atom is -0.478 e. The summed E-state index contributed by atoms with van der Waals surface area (Å²) in [7, 11) is 0. The molecule has 4 N–H and O–H groups in total. The molecule has 1 amide bonds. The Balaban J connectivity index is 1.00. The summed E-state index contributed by atoms with van der Waals surface area (Å²) >= 11 is 0. The third kappa shape index (κ3) is 9.75. The van der Waals surface area contributed by atoms with Gasteiger partial charge in [0.15, 0.2) is 0 Å². The van der Waals surface area contributed by atoms with Crippen LogP contribution >= 0.6 is 0 Å². The van der Waals surface area contributed by atoms with Crippen LogP contribution in [-0.2, 0) is 28.4 Å². The molecule has 0 saturated heterocycles. The van der Waals surface area contributed by atoms with Crippen LogP contribution in [0, 0.1) is 13.8 Å². The van der Waals surface area contributed by atoms with Gasteiger partial charge >= 0.3 is 5.97 Å². The summed E-state index contributed by atoms with van der Waals surface area (Å²) in [6, 6.07) is 40.9. The van der Waals surface area contributed by atoms with Gasteiger partial charge in [0.2, 0.25) is 0 Å². The van der Waals surface area contributed by atoms with Crippen molar-refractivity contribution >= 4 is 23.3 Å². The molecule has 0 unspecified atom stereocenters. The number of rotatable bonds is 15. The van der Waals surface area contributed by atoms with Gasteiger partial charge < -0.3 is 19.9 Å². The Kier molecular flexibility index (Phi) is 11.9. The fourth-order valence-corrected chi connectivity index (χ4v) is 6.04. The average Bonchev–Trinajstić information content (AvgIpc) is 3.17. The van der Waals surface area contributed by atoms with E-state index >= 15 is 0 Å². The Hall–Kier alpha value is -6.46. The molecule has 0 aliphatic rings. The van der Waals surface area contributed by atoms with Crippen molar-refractivity contribution in [3.63, 3.8) is 0 Å². The molecule has 0 fully saturated rings. The molecule has 0 spiro atoms. The van der Waals surface area contributed by atoms with E-state index in [-0.39, 0.29) is 23.1 Å². The third-order valence-corrected chi connectivity index (χ3v) is 9.24. The number of anilines is 2. The first-order valence-electron chi connectivity index (χ1n) is 17.6. The third-order valence-electron chi connectivity index (χ3n) is 9.24. The summed E-state index contributed by atoms with van der Waals surface area (Å²) in [5.74, 6) is 0.986. The van der Waals surface area contributed by atoms with Crippen LogP contribution in [0.25, 0.3) is 0 Å². The fraction of sp³-hybridized carbons (Fsp3) is 0.156. The number of hydrogen-bond acceptors (Lipinski definition) is 8. The van der Waals surface area contributed by atoms with Crippen LogP contribution in [0.3, 0.4) is 0 Å². The highest BCUT2D eigenvalue weighted by Gasteiger charge is 2.23. The number of aryl methyl sites for hydroxylation is 2. The van der Waals surface area contributed by atoms with Crippen molar-refractivity contribution in [1.82, 2.24) is 0 Å². The largest absolute Gasteiger partial charge is 0.478 e. The van der Waals surface area contributed by atoms with Crippen molar-refractivity contribution < 1.29 is 39.2 Å². The van der Waals surface area contributed by atoms with Crippen molar-refractivity contribution in [2.24, 2.45) is 0 Å². The Morgan fingerprint density at radius 2 is 1.07 bits per heavy atom. The lowest BCUT2D eigenvalue weighted by molar-refractivity contribution is -0.253. The lowest BCUT2D eigenvalue weighted by Gasteiger charge is -2.26. The van der Waals surface area contributed by atoms with Gasteiger partial charge in [-0.2, -0.15) is 0 Å². The molecule has 0 aliphatic carbocycles. The molecule has 6 aromatic carbocycles. The van der Waals surface area contributed by atoms with Gasteiger partial charge in [-0.3, -0.25) is 20.4 Å². The molecule has 0 aliphatic heterocycles. The van der Waals surface area contributed by atoms with Crippen LogP contribution in [-0.4, -0.2) is 22.2 Å². The monoisotopic (exact) mass is 738 g/mol. The zero-order valence-electron chi connectivity index (χ0n) is 31.0. The summed E-state index contributed by atoms with van der Waals surface area (Å²) in [5, 5.41) is 21.1. The summed E-state index contributed by atoms with van der Waals surface area (Å²) in [6.07, 6.45) is 0. The summed E-state index contributed by atoms with van der Waals surface area (Å²) in [4.78, 5) is 34.4.